The lowest BCUT2D eigenvalue weighted by Crippen LogP contribution is -1.93. The number of nitriles is 1. The molecule has 0 amide bonds. The molecule has 2 nitrogen and oxygen atoms in total. The van der Waals surface area contributed by atoms with Crippen molar-refractivity contribution in [3.8, 4) is 6.07 Å². The smallest absolute Gasteiger partial charge is 0.0994 e. The SMILES string of the molecule is Cc1ccc(Cl)c(Cc2cc3c(C)c(C#N)ccc3[nH]2)c1Cl. The molecule has 0 bridgehead atoms. The summed E-state index contributed by atoms with van der Waals surface area (Å²) in [4.78, 5) is 3.38. The first-order chi connectivity index (χ1) is 10.5. The van der Waals surface area contributed by atoms with Gasteiger partial charge in [0.05, 0.1) is 11.6 Å². The number of halogens is 2. The molecule has 0 aliphatic rings. The third-order valence-electron chi connectivity index (χ3n) is 4.00. The van der Waals surface area contributed by atoms with Crippen LogP contribution in [0.1, 0.15) is 27.9 Å². The van der Waals surface area contributed by atoms with Gasteiger partial charge in [-0.25, -0.2) is 0 Å². The highest BCUT2D eigenvalue weighted by molar-refractivity contribution is 6.36. The summed E-state index contributed by atoms with van der Waals surface area (Å²) in [5.41, 5.74) is 5.68. The van der Waals surface area contributed by atoms with Crippen LogP contribution in [0.3, 0.4) is 0 Å². The lowest BCUT2D eigenvalue weighted by molar-refractivity contribution is 1.11. The van der Waals surface area contributed by atoms with E-state index in [4.69, 9.17) is 28.5 Å². The third-order valence-corrected chi connectivity index (χ3v) is 4.88. The Labute approximate surface area is 139 Å². The molecule has 0 aliphatic heterocycles. The van der Waals surface area contributed by atoms with Crippen molar-refractivity contribution in [1.29, 1.82) is 5.26 Å². The van der Waals surface area contributed by atoms with Gasteiger partial charge in [0, 0.05) is 33.1 Å². The molecule has 22 heavy (non-hydrogen) atoms. The van der Waals surface area contributed by atoms with E-state index in [1.54, 1.807) is 0 Å². The molecule has 1 heterocycles. The third kappa shape index (κ3) is 2.47. The fourth-order valence-electron chi connectivity index (χ4n) is 2.69. The molecule has 3 aromatic rings. The summed E-state index contributed by atoms with van der Waals surface area (Å²) in [7, 11) is 0. The van der Waals surface area contributed by atoms with Crippen molar-refractivity contribution in [2.45, 2.75) is 20.3 Å². The van der Waals surface area contributed by atoms with Crippen LogP contribution in [0.25, 0.3) is 10.9 Å². The molecule has 1 aromatic heterocycles. The van der Waals surface area contributed by atoms with Crippen molar-refractivity contribution < 1.29 is 0 Å². The molecule has 110 valence electrons. The first-order valence-corrected chi connectivity index (χ1v) is 7.71. The number of nitrogens with one attached hydrogen (secondary N) is 1. The topological polar surface area (TPSA) is 39.6 Å². The fourth-order valence-corrected chi connectivity index (χ4v) is 3.19. The van der Waals surface area contributed by atoms with E-state index in [1.807, 2.05) is 38.1 Å². The Hall–Kier alpha value is -1.95. The minimum Gasteiger partial charge on any atom is -0.358 e. The van der Waals surface area contributed by atoms with E-state index in [0.717, 1.165) is 33.3 Å². The van der Waals surface area contributed by atoms with Gasteiger partial charge in [-0.15, -0.1) is 0 Å². The van der Waals surface area contributed by atoms with E-state index in [0.29, 0.717) is 22.0 Å². The standard InChI is InChI=1S/C18H14Cl2N2/c1-10-3-5-16(19)15(18(10)20)8-13-7-14-11(2)12(9-21)4-6-17(14)22-13/h3-7,22H,8H2,1-2H3. The maximum atomic E-state index is 9.13. The lowest BCUT2D eigenvalue weighted by Gasteiger charge is -2.08. The number of nitrogens with zero attached hydrogens (tertiary/aromatic N) is 1. The Morgan fingerprint density at radius 2 is 1.91 bits per heavy atom. The fraction of sp³-hybridized carbons (Fsp3) is 0.167. The molecular formula is C18H14Cl2N2. The summed E-state index contributed by atoms with van der Waals surface area (Å²) in [5.74, 6) is 0. The van der Waals surface area contributed by atoms with Crippen molar-refractivity contribution in [2.24, 2.45) is 0 Å². The van der Waals surface area contributed by atoms with Crippen molar-refractivity contribution in [3.63, 3.8) is 0 Å². The Morgan fingerprint density at radius 3 is 2.64 bits per heavy atom. The van der Waals surface area contributed by atoms with Gasteiger partial charge in [-0.1, -0.05) is 29.3 Å². The van der Waals surface area contributed by atoms with Crippen LogP contribution < -0.4 is 0 Å². The Morgan fingerprint density at radius 1 is 1.14 bits per heavy atom. The van der Waals surface area contributed by atoms with E-state index in [-0.39, 0.29) is 0 Å². The van der Waals surface area contributed by atoms with Crippen LogP contribution in [0.2, 0.25) is 10.0 Å². The average Bonchev–Trinajstić information content (AvgIpc) is 2.92. The second kappa shape index (κ2) is 5.68. The zero-order valence-corrected chi connectivity index (χ0v) is 13.8. The van der Waals surface area contributed by atoms with Crippen molar-refractivity contribution in [1.82, 2.24) is 4.98 Å². The molecule has 0 unspecified atom stereocenters. The summed E-state index contributed by atoms with van der Waals surface area (Å²) < 4.78 is 0. The number of aryl methyl sites for hydroxylation is 2. The summed E-state index contributed by atoms with van der Waals surface area (Å²) in [6, 6.07) is 11.9. The number of hydrogen-bond acceptors (Lipinski definition) is 1. The molecule has 0 aliphatic carbocycles. The maximum Gasteiger partial charge on any atom is 0.0994 e. The normalized spacial score (nSPS) is 10.9. The van der Waals surface area contributed by atoms with Crippen LogP contribution in [-0.2, 0) is 6.42 Å². The molecule has 0 radical (unpaired) electrons. The number of aromatic nitrogens is 1. The number of benzene rings is 2. The van der Waals surface area contributed by atoms with Gasteiger partial charge in [-0.3, -0.25) is 0 Å². The second-order valence-corrected chi connectivity index (χ2v) is 6.22. The maximum absolute atomic E-state index is 9.13. The van der Waals surface area contributed by atoms with Gasteiger partial charge in [0.2, 0.25) is 0 Å². The lowest BCUT2D eigenvalue weighted by atomic mass is 10.0. The Balaban J connectivity index is 2.08. The predicted molar refractivity (Wildman–Crippen MR) is 91.8 cm³/mol. The van der Waals surface area contributed by atoms with Gasteiger partial charge in [-0.05, 0) is 54.8 Å². The first kappa shape index (κ1) is 15.0. The molecule has 4 heteroatoms. The van der Waals surface area contributed by atoms with Crippen molar-refractivity contribution in [2.75, 3.05) is 0 Å². The van der Waals surface area contributed by atoms with E-state index in [1.165, 1.54) is 0 Å². The Bertz CT molecular complexity index is 917. The van der Waals surface area contributed by atoms with Gasteiger partial charge < -0.3 is 4.98 Å². The van der Waals surface area contributed by atoms with E-state index in [9.17, 15) is 0 Å². The molecule has 0 atom stereocenters. The number of hydrogen-bond donors (Lipinski definition) is 1. The highest BCUT2D eigenvalue weighted by Gasteiger charge is 2.12. The second-order valence-electron chi connectivity index (χ2n) is 5.44. The van der Waals surface area contributed by atoms with Crippen molar-refractivity contribution >= 4 is 34.1 Å². The molecule has 0 saturated carbocycles. The highest BCUT2D eigenvalue weighted by Crippen LogP contribution is 2.31. The van der Waals surface area contributed by atoms with E-state index < -0.39 is 0 Å². The number of rotatable bonds is 2. The van der Waals surface area contributed by atoms with Crippen molar-refractivity contribution in [3.05, 3.63) is 68.3 Å². The minimum atomic E-state index is 0.634. The van der Waals surface area contributed by atoms with Crippen LogP contribution in [0.5, 0.6) is 0 Å². The largest absolute Gasteiger partial charge is 0.358 e. The summed E-state index contributed by atoms with van der Waals surface area (Å²) in [5, 5.41) is 11.6. The molecular weight excluding hydrogens is 315 g/mol. The van der Waals surface area contributed by atoms with Gasteiger partial charge in [-0.2, -0.15) is 5.26 Å². The van der Waals surface area contributed by atoms with Crippen LogP contribution in [0, 0.1) is 25.2 Å². The Kier molecular flexibility index (Phi) is 3.87. The molecule has 0 spiro atoms. The van der Waals surface area contributed by atoms with Crippen LogP contribution in [-0.4, -0.2) is 4.98 Å². The zero-order chi connectivity index (χ0) is 15.9. The summed E-state index contributed by atoms with van der Waals surface area (Å²) in [6.45, 7) is 3.93. The molecule has 0 fully saturated rings. The van der Waals surface area contributed by atoms with Crippen LogP contribution >= 0.6 is 23.2 Å². The average molecular weight is 329 g/mol. The first-order valence-electron chi connectivity index (χ1n) is 6.96. The molecule has 1 N–H and O–H groups in total. The monoisotopic (exact) mass is 328 g/mol. The van der Waals surface area contributed by atoms with E-state index >= 15 is 0 Å². The molecule has 3 rings (SSSR count). The zero-order valence-electron chi connectivity index (χ0n) is 12.3. The van der Waals surface area contributed by atoms with Gasteiger partial charge in [0.25, 0.3) is 0 Å². The van der Waals surface area contributed by atoms with Crippen LogP contribution in [0.15, 0.2) is 30.3 Å². The molecule has 0 saturated heterocycles. The highest BCUT2D eigenvalue weighted by atomic mass is 35.5. The summed E-state index contributed by atoms with van der Waals surface area (Å²) >= 11 is 12.7. The van der Waals surface area contributed by atoms with Gasteiger partial charge in [0.1, 0.15) is 0 Å². The number of H-pyrrole nitrogens is 1. The predicted octanol–water partition coefficient (Wildman–Crippen LogP) is 5.55. The summed E-state index contributed by atoms with van der Waals surface area (Å²) in [6.07, 6.45) is 0.634. The van der Waals surface area contributed by atoms with Crippen LogP contribution in [0.4, 0.5) is 0 Å². The minimum absolute atomic E-state index is 0.634. The van der Waals surface area contributed by atoms with Gasteiger partial charge >= 0.3 is 0 Å². The molecule has 2 aromatic carbocycles. The van der Waals surface area contributed by atoms with Gasteiger partial charge in [0.15, 0.2) is 0 Å². The number of aromatic amines is 1. The number of fused-ring (bicyclic) bond motifs is 1. The quantitative estimate of drug-likeness (QED) is 0.657. The van der Waals surface area contributed by atoms with E-state index in [2.05, 4.69) is 17.1 Å².